The molecule has 0 aliphatic carbocycles. The summed E-state index contributed by atoms with van der Waals surface area (Å²) in [5.74, 6) is -1.29. The number of rotatable bonds is 7. The van der Waals surface area contributed by atoms with Gasteiger partial charge in [-0.2, -0.15) is 0 Å². The van der Waals surface area contributed by atoms with Crippen molar-refractivity contribution in [3.63, 3.8) is 0 Å². The van der Waals surface area contributed by atoms with Gasteiger partial charge in [0.2, 0.25) is 5.78 Å². The highest BCUT2D eigenvalue weighted by Gasteiger charge is 2.20. The second kappa shape index (κ2) is 8.67. The zero-order valence-electron chi connectivity index (χ0n) is 15.5. The lowest BCUT2D eigenvalue weighted by molar-refractivity contribution is 0.0476. The van der Waals surface area contributed by atoms with E-state index in [1.807, 2.05) is 13.0 Å². The Hall–Kier alpha value is -3.19. The van der Waals surface area contributed by atoms with Gasteiger partial charge in [0.05, 0.1) is 22.4 Å². The number of hydrogen-bond donors (Lipinski definition) is 1. The molecule has 0 aliphatic rings. The largest absolute Gasteiger partial charge is 0.459 e. The van der Waals surface area contributed by atoms with Crippen molar-refractivity contribution >= 4 is 34.7 Å². The molecule has 0 radical (unpaired) electrons. The number of ether oxygens (including phenoxy) is 1. The summed E-state index contributed by atoms with van der Waals surface area (Å²) in [6.45, 7) is 3.41. The van der Waals surface area contributed by atoms with E-state index in [9.17, 15) is 14.4 Å². The SMILES string of the molecule is CCc1ccc(C(=O)COC(=O)c2cccc(C)c2NC(=O)c2ccco2)s1. The molecular weight excluding hydrogens is 378 g/mol. The maximum atomic E-state index is 12.5. The number of carbonyl (C=O) groups excluding carboxylic acids is 3. The first-order chi connectivity index (χ1) is 13.5. The van der Waals surface area contributed by atoms with E-state index in [1.54, 1.807) is 31.2 Å². The number of carbonyl (C=O) groups is 3. The van der Waals surface area contributed by atoms with E-state index in [0.717, 1.165) is 11.3 Å². The van der Waals surface area contributed by atoms with Gasteiger partial charge in [0.1, 0.15) is 0 Å². The molecule has 2 aromatic heterocycles. The van der Waals surface area contributed by atoms with Gasteiger partial charge in [-0.1, -0.05) is 19.1 Å². The molecule has 0 aliphatic heterocycles. The lowest BCUT2D eigenvalue weighted by Crippen LogP contribution is -2.18. The second-order valence-electron chi connectivity index (χ2n) is 6.05. The minimum Gasteiger partial charge on any atom is -0.459 e. The molecular formula is C21H19NO5S. The van der Waals surface area contributed by atoms with Crippen molar-refractivity contribution in [1.29, 1.82) is 0 Å². The van der Waals surface area contributed by atoms with Gasteiger partial charge < -0.3 is 14.5 Å². The van der Waals surface area contributed by atoms with Crippen molar-refractivity contribution in [2.45, 2.75) is 20.3 Å². The molecule has 0 saturated heterocycles. The molecule has 2 heterocycles. The molecule has 0 saturated carbocycles. The number of amides is 1. The van der Waals surface area contributed by atoms with E-state index in [0.29, 0.717) is 16.1 Å². The number of benzene rings is 1. The summed E-state index contributed by atoms with van der Waals surface area (Å²) in [6, 6.07) is 11.7. The maximum absolute atomic E-state index is 12.5. The number of thiophene rings is 1. The van der Waals surface area contributed by atoms with Crippen LogP contribution in [0.3, 0.4) is 0 Å². The fraction of sp³-hybridized carbons (Fsp3) is 0.190. The van der Waals surface area contributed by atoms with Gasteiger partial charge in [-0.15, -0.1) is 11.3 Å². The molecule has 0 unspecified atom stereocenters. The first-order valence-electron chi connectivity index (χ1n) is 8.73. The van der Waals surface area contributed by atoms with Crippen LogP contribution in [0.5, 0.6) is 0 Å². The van der Waals surface area contributed by atoms with Crippen molar-refractivity contribution in [2.24, 2.45) is 0 Å². The Balaban J connectivity index is 1.72. The van der Waals surface area contributed by atoms with Crippen LogP contribution in [0.4, 0.5) is 5.69 Å². The first kappa shape index (κ1) is 19.6. The number of anilines is 1. The third kappa shape index (κ3) is 4.37. The fourth-order valence-corrected chi connectivity index (χ4v) is 3.46. The van der Waals surface area contributed by atoms with E-state index in [-0.39, 0.29) is 23.7 Å². The highest BCUT2D eigenvalue weighted by molar-refractivity contribution is 7.14. The Kier molecular flexibility index (Phi) is 6.06. The third-order valence-electron chi connectivity index (χ3n) is 4.10. The quantitative estimate of drug-likeness (QED) is 0.468. The monoisotopic (exact) mass is 397 g/mol. The Bertz CT molecular complexity index is 1000. The number of hydrogen-bond acceptors (Lipinski definition) is 6. The van der Waals surface area contributed by atoms with Crippen LogP contribution in [0.2, 0.25) is 0 Å². The van der Waals surface area contributed by atoms with Gasteiger partial charge in [0, 0.05) is 4.88 Å². The Morgan fingerprint density at radius 1 is 1.11 bits per heavy atom. The molecule has 0 fully saturated rings. The Labute approximate surface area is 166 Å². The van der Waals surface area contributed by atoms with E-state index in [1.165, 1.54) is 29.7 Å². The summed E-state index contributed by atoms with van der Waals surface area (Å²) in [6.07, 6.45) is 2.24. The van der Waals surface area contributed by atoms with Crippen LogP contribution < -0.4 is 5.32 Å². The van der Waals surface area contributed by atoms with Crippen LogP contribution in [0.1, 0.15) is 47.9 Å². The van der Waals surface area contributed by atoms with Gasteiger partial charge in [0.25, 0.3) is 5.91 Å². The van der Waals surface area contributed by atoms with Crippen molar-refractivity contribution in [3.05, 3.63) is 75.4 Å². The number of furan rings is 1. The smallest absolute Gasteiger partial charge is 0.340 e. The summed E-state index contributed by atoms with van der Waals surface area (Å²) in [7, 11) is 0. The molecule has 1 amide bonds. The summed E-state index contributed by atoms with van der Waals surface area (Å²) in [5.41, 5.74) is 1.19. The predicted octanol–water partition coefficient (Wildman–Crippen LogP) is 4.50. The lowest BCUT2D eigenvalue weighted by Gasteiger charge is -2.12. The Morgan fingerprint density at radius 3 is 2.61 bits per heavy atom. The van der Waals surface area contributed by atoms with Crippen LogP contribution in [-0.2, 0) is 11.2 Å². The first-order valence-corrected chi connectivity index (χ1v) is 9.54. The van der Waals surface area contributed by atoms with Gasteiger partial charge in [-0.3, -0.25) is 9.59 Å². The van der Waals surface area contributed by atoms with Crippen LogP contribution >= 0.6 is 11.3 Å². The number of nitrogens with one attached hydrogen (secondary N) is 1. The Morgan fingerprint density at radius 2 is 1.93 bits per heavy atom. The minimum atomic E-state index is -0.681. The van der Waals surface area contributed by atoms with Gasteiger partial charge in [0.15, 0.2) is 12.4 Å². The van der Waals surface area contributed by atoms with Crippen LogP contribution in [0.25, 0.3) is 0 Å². The van der Waals surface area contributed by atoms with E-state index >= 15 is 0 Å². The molecule has 144 valence electrons. The van der Waals surface area contributed by atoms with Crippen LogP contribution in [0, 0.1) is 6.92 Å². The highest BCUT2D eigenvalue weighted by atomic mass is 32.1. The molecule has 0 atom stereocenters. The summed E-state index contributed by atoms with van der Waals surface area (Å²) >= 11 is 1.39. The molecule has 1 N–H and O–H groups in total. The highest BCUT2D eigenvalue weighted by Crippen LogP contribution is 2.23. The summed E-state index contributed by atoms with van der Waals surface area (Å²) in [4.78, 5) is 38.7. The van der Waals surface area contributed by atoms with E-state index in [4.69, 9.17) is 9.15 Å². The second-order valence-corrected chi connectivity index (χ2v) is 7.22. The van der Waals surface area contributed by atoms with Crippen molar-refractivity contribution < 1.29 is 23.5 Å². The maximum Gasteiger partial charge on any atom is 0.340 e. The number of ketones is 1. The van der Waals surface area contributed by atoms with Gasteiger partial charge in [-0.05, 0) is 49.2 Å². The molecule has 0 spiro atoms. The van der Waals surface area contributed by atoms with Crippen molar-refractivity contribution in [2.75, 3.05) is 11.9 Å². The molecule has 0 bridgehead atoms. The average Bonchev–Trinajstić information content (AvgIpc) is 3.39. The number of para-hydroxylation sites is 1. The lowest BCUT2D eigenvalue weighted by atomic mass is 10.1. The molecule has 28 heavy (non-hydrogen) atoms. The summed E-state index contributed by atoms with van der Waals surface area (Å²) < 4.78 is 10.3. The average molecular weight is 397 g/mol. The van der Waals surface area contributed by atoms with Crippen molar-refractivity contribution in [3.8, 4) is 0 Å². The van der Waals surface area contributed by atoms with E-state index < -0.39 is 11.9 Å². The molecule has 1 aromatic carbocycles. The van der Waals surface area contributed by atoms with Gasteiger partial charge >= 0.3 is 5.97 Å². The van der Waals surface area contributed by atoms with Crippen molar-refractivity contribution in [1.82, 2.24) is 0 Å². The predicted molar refractivity (Wildman–Crippen MR) is 106 cm³/mol. The zero-order valence-corrected chi connectivity index (χ0v) is 16.3. The van der Waals surface area contributed by atoms with Crippen LogP contribution in [-0.4, -0.2) is 24.3 Å². The number of aryl methyl sites for hydroxylation is 2. The van der Waals surface area contributed by atoms with Gasteiger partial charge in [-0.25, -0.2) is 4.79 Å². The van der Waals surface area contributed by atoms with E-state index in [2.05, 4.69) is 5.32 Å². The topological polar surface area (TPSA) is 85.6 Å². The molecule has 3 rings (SSSR count). The molecule has 7 heteroatoms. The standard InChI is InChI=1S/C21H19NO5S/c1-3-14-9-10-18(28-14)16(23)12-27-21(25)15-7-4-6-13(2)19(15)22-20(24)17-8-5-11-26-17/h4-11H,3,12H2,1-2H3,(H,22,24). The number of Topliss-reactive ketones (excluding diaryl/α,β-unsaturated/α-hetero) is 1. The fourth-order valence-electron chi connectivity index (χ4n) is 2.58. The van der Waals surface area contributed by atoms with Crippen LogP contribution in [0.15, 0.2) is 53.1 Å². The summed E-state index contributed by atoms with van der Waals surface area (Å²) in [5, 5.41) is 2.68. The minimum absolute atomic E-state index is 0.127. The number of esters is 1. The molecule has 6 nitrogen and oxygen atoms in total. The molecule has 3 aromatic rings. The normalized spacial score (nSPS) is 10.5. The third-order valence-corrected chi connectivity index (χ3v) is 5.37. The zero-order chi connectivity index (χ0) is 20.1.